The van der Waals surface area contributed by atoms with E-state index in [1.807, 2.05) is 6.07 Å². The fourth-order valence-electron chi connectivity index (χ4n) is 2.14. The number of aryl methyl sites for hydroxylation is 1. The topological polar surface area (TPSA) is 62.2 Å². The predicted octanol–water partition coefficient (Wildman–Crippen LogP) is 3.64. The van der Waals surface area contributed by atoms with Crippen LogP contribution < -0.4 is 5.48 Å². The number of aromatic nitrogens is 1. The number of thiazole rings is 1. The van der Waals surface area contributed by atoms with Gasteiger partial charge in [-0.1, -0.05) is 31.2 Å². The first-order valence-electron chi connectivity index (χ1n) is 6.65. The van der Waals surface area contributed by atoms with Gasteiger partial charge in [-0.2, -0.15) is 0 Å². The Kier molecular flexibility index (Phi) is 3.68. The molecule has 0 spiro atoms. The number of rotatable bonds is 3. The summed E-state index contributed by atoms with van der Waals surface area (Å²) in [7, 11) is 0. The summed E-state index contributed by atoms with van der Waals surface area (Å²) in [6, 6.07) is 13.5. The molecule has 2 aromatic carbocycles. The number of nitrogens with one attached hydrogen (secondary N) is 1. The molecule has 1 aromatic heterocycles. The van der Waals surface area contributed by atoms with Gasteiger partial charge in [0.05, 0.1) is 10.2 Å². The van der Waals surface area contributed by atoms with Gasteiger partial charge in [0.2, 0.25) is 0 Å². The van der Waals surface area contributed by atoms with Crippen LogP contribution in [-0.2, 0) is 6.42 Å². The molecule has 4 nitrogen and oxygen atoms in total. The zero-order chi connectivity index (χ0) is 14.8. The van der Waals surface area contributed by atoms with E-state index in [1.165, 1.54) is 5.56 Å². The van der Waals surface area contributed by atoms with E-state index in [9.17, 15) is 4.79 Å². The molecule has 0 aliphatic heterocycles. The molecule has 21 heavy (non-hydrogen) atoms. The molecule has 2 N–H and O–H groups in total. The van der Waals surface area contributed by atoms with Crippen LogP contribution in [0.5, 0.6) is 0 Å². The molecule has 0 atom stereocenters. The normalized spacial score (nSPS) is 10.8. The monoisotopic (exact) mass is 298 g/mol. The number of hydroxylamine groups is 1. The van der Waals surface area contributed by atoms with Gasteiger partial charge in [0.15, 0.2) is 0 Å². The molecular formula is C16H14N2O2S. The lowest BCUT2D eigenvalue weighted by Crippen LogP contribution is -2.18. The van der Waals surface area contributed by atoms with Crippen molar-refractivity contribution >= 4 is 27.5 Å². The third kappa shape index (κ3) is 2.66. The van der Waals surface area contributed by atoms with Crippen molar-refractivity contribution in [3.05, 3.63) is 53.6 Å². The van der Waals surface area contributed by atoms with E-state index < -0.39 is 5.91 Å². The SMILES string of the molecule is CCc1ccc(-c2nc3cc(C(=O)NO)ccc3s2)cc1. The van der Waals surface area contributed by atoms with Crippen LogP contribution in [0.4, 0.5) is 0 Å². The quantitative estimate of drug-likeness (QED) is 0.573. The largest absolute Gasteiger partial charge is 0.288 e. The van der Waals surface area contributed by atoms with Gasteiger partial charge < -0.3 is 0 Å². The minimum absolute atomic E-state index is 0.392. The average molecular weight is 298 g/mol. The Morgan fingerprint density at radius 1 is 1.24 bits per heavy atom. The Labute approximate surface area is 126 Å². The standard InChI is InChI=1S/C16H14N2O2S/c1-2-10-3-5-11(6-4-10)16-17-13-9-12(15(19)18-20)7-8-14(13)21-16/h3-9,20H,2H2,1H3,(H,18,19). The molecular weight excluding hydrogens is 284 g/mol. The molecule has 106 valence electrons. The van der Waals surface area contributed by atoms with E-state index in [0.29, 0.717) is 5.56 Å². The van der Waals surface area contributed by atoms with Crippen molar-refractivity contribution < 1.29 is 10.0 Å². The smallest absolute Gasteiger partial charge is 0.274 e. The molecule has 3 aromatic rings. The Hall–Kier alpha value is -2.24. The van der Waals surface area contributed by atoms with Gasteiger partial charge in [0.25, 0.3) is 5.91 Å². The highest BCUT2D eigenvalue weighted by Gasteiger charge is 2.10. The van der Waals surface area contributed by atoms with Crippen molar-refractivity contribution in [3.8, 4) is 10.6 Å². The maximum atomic E-state index is 11.4. The number of amides is 1. The summed E-state index contributed by atoms with van der Waals surface area (Å²) < 4.78 is 1.01. The van der Waals surface area contributed by atoms with Crippen molar-refractivity contribution in [2.45, 2.75) is 13.3 Å². The van der Waals surface area contributed by atoms with Gasteiger partial charge in [-0.05, 0) is 30.2 Å². The number of carbonyl (C=O) groups excluding carboxylic acids is 1. The van der Waals surface area contributed by atoms with Crippen molar-refractivity contribution in [1.29, 1.82) is 0 Å². The average Bonchev–Trinajstić information content (AvgIpc) is 2.97. The highest BCUT2D eigenvalue weighted by atomic mass is 32.1. The van der Waals surface area contributed by atoms with Crippen LogP contribution in [0.2, 0.25) is 0 Å². The molecule has 5 heteroatoms. The molecule has 0 saturated carbocycles. The number of hydrogen-bond acceptors (Lipinski definition) is 4. The zero-order valence-electron chi connectivity index (χ0n) is 11.5. The van der Waals surface area contributed by atoms with E-state index in [1.54, 1.807) is 28.9 Å². The Balaban J connectivity index is 2.01. The molecule has 0 saturated heterocycles. The minimum atomic E-state index is -0.529. The lowest BCUT2D eigenvalue weighted by Gasteiger charge is -1.98. The van der Waals surface area contributed by atoms with Crippen molar-refractivity contribution in [3.63, 3.8) is 0 Å². The fourth-order valence-corrected chi connectivity index (χ4v) is 3.09. The van der Waals surface area contributed by atoms with Crippen LogP contribution >= 0.6 is 11.3 Å². The van der Waals surface area contributed by atoms with Crippen LogP contribution in [-0.4, -0.2) is 16.1 Å². The van der Waals surface area contributed by atoms with E-state index in [2.05, 4.69) is 36.2 Å². The second kappa shape index (κ2) is 5.63. The number of benzene rings is 2. The molecule has 0 bridgehead atoms. The first kappa shape index (κ1) is 13.7. The summed E-state index contributed by atoms with van der Waals surface area (Å²) in [6.07, 6.45) is 1.01. The lowest BCUT2D eigenvalue weighted by atomic mass is 10.1. The number of hydrogen-bond donors (Lipinski definition) is 2. The second-order valence-electron chi connectivity index (χ2n) is 4.69. The molecule has 0 aliphatic rings. The first-order valence-corrected chi connectivity index (χ1v) is 7.47. The van der Waals surface area contributed by atoms with Crippen LogP contribution in [0.1, 0.15) is 22.8 Å². The molecule has 0 unspecified atom stereocenters. The number of nitrogens with zero attached hydrogens (tertiary/aromatic N) is 1. The molecule has 1 amide bonds. The number of fused-ring (bicyclic) bond motifs is 1. The summed E-state index contributed by atoms with van der Waals surface area (Å²) in [4.78, 5) is 16.0. The molecule has 3 rings (SSSR count). The van der Waals surface area contributed by atoms with E-state index in [4.69, 9.17) is 5.21 Å². The Morgan fingerprint density at radius 3 is 2.67 bits per heavy atom. The first-order chi connectivity index (χ1) is 10.2. The van der Waals surface area contributed by atoms with Crippen molar-refractivity contribution in [2.24, 2.45) is 0 Å². The minimum Gasteiger partial charge on any atom is -0.288 e. The molecule has 0 radical (unpaired) electrons. The third-order valence-electron chi connectivity index (χ3n) is 3.36. The van der Waals surface area contributed by atoms with Crippen LogP contribution in [0, 0.1) is 0 Å². The summed E-state index contributed by atoms with van der Waals surface area (Å²) >= 11 is 1.59. The van der Waals surface area contributed by atoms with Gasteiger partial charge in [-0.25, -0.2) is 10.5 Å². The van der Waals surface area contributed by atoms with Crippen molar-refractivity contribution in [2.75, 3.05) is 0 Å². The van der Waals surface area contributed by atoms with Gasteiger partial charge in [0.1, 0.15) is 5.01 Å². The molecule has 0 aliphatic carbocycles. The van der Waals surface area contributed by atoms with Crippen molar-refractivity contribution in [1.82, 2.24) is 10.5 Å². The summed E-state index contributed by atoms with van der Waals surface area (Å²) in [5.74, 6) is -0.529. The van der Waals surface area contributed by atoms with E-state index in [0.717, 1.165) is 27.2 Å². The Morgan fingerprint density at radius 2 is 2.00 bits per heavy atom. The summed E-state index contributed by atoms with van der Waals surface area (Å²) in [5, 5.41) is 9.60. The van der Waals surface area contributed by atoms with Crippen LogP contribution in [0.3, 0.4) is 0 Å². The highest BCUT2D eigenvalue weighted by Crippen LogP contribution is 2.30. The maximum absolute atomic E-state index is 11.4. The Bertz CT molecular complexity index is 794. The summed E-state index contributed by atoms with van der Waals surface area (Å²) in [5.41, 5.74) is 5.15. The predicted molar refractivity (Wildman–Crippen MR) is 83.7 cm³/mol. The van der Waals surface area contributed by atoms with Crippen LogP contribution in [0.15, 0.2) is 42.5 Å². The second-order valence-corrected chi connectivity index (χ2v) is 5.72. The zero-order valence-corrected chi connectivity index (χ0v) is 12.3. The van der Waals surface area contributed by atoms with Gasteiger partial charge in [-0.15, -0.1) is 11.3 Å². The molecule has 0 fully saturated rings. The highest BCUT2D eigenvalue weighted by molar-refractivity contribution is 7.21. The number of carbonyl (C=O) groups is 1. The van der Waals surface area contributed by atoms with E-state index in [-0.39, 0.29) is 0 Å². The fraction of sp³-hybridized carbons (Fsp3) is 0.125. The van der Waals surface area contributed by atoms with Gasteiger partial charge in [-0.3, -0.25) is 10.0 Å². The van der Waals surface area contributed by atoms with Gasteiger partial charge >= 0.3 is 0 Å². The van der Waals surface area contributed by atoms with Crippen LogP contribution in [0.25, 0.3) is 20.8 Å². The van der Waals surface area contributed by atoms with E-state index >= 15 is 0 Å². The lowest BCUT2D eigenvalue weighted by molar-refractivity contribution is 0.0706. The maximum Gasteiger partial charge on any atom is 0.274 e. The molecule has 1 heterocycles. The third-order valence-corrected chi connectivity index (χ3v) is 4.45. The van der Waals surface area contributed by atoms with Gasteiger partial charge in [0, 0.05) is 11.1 Å². The summed E-state index contributed by atoms with van der Waals surface area (Å²) in [6.45, 7) is 2.13.